The first kappa shape index (κ1) is 15.8. The number of hydrogen-bond acceptors (Lipinski definition) is 4. The van der Waals surface area contributed by atoms with Gasteiger partial charge in [-0.05, 0) is 75.9 Å². The lowest BCUT2D eigenvalue weighted by molar-refractivity contribution is 0.436. The van der Waals surface area contributed by atoms with Crippen molar-refractivity contribution >= 4 is 11.0 Å². The molecule has 0 spiro atoms. The third-order valence-corrected chi connectivity index (χ3v) is 5.29. The molecule has 0 amide bonds. The zero-order chi connectivity index (χ0) is 20.2. The summed E-state index contributed by atoms with van der Waals surface area (Å²) in [7, 11) is 0. The number of nitrogens with zero attached hydrogens (tertiary/aromatic N) is 2. The number of para-hydroxylation sites is 2. The highest BCUT2D eigenvalue weighted by Gasteiger charge is 2.20. The van der Waals surface area contributed by atoms with E-state index < -0.39 is 0 Å². The molecule has 2 atom stereocenters. The number of hydrogen-bond donors (Lipinski definition) is 3. The lowest BCUT2D eigenvalue weighted by Crippen LogP contribution is -2.28. The van der Waals surface area contributed by atoms with Crippen LogP contribution in [-0.2, 0) is 6.42 Å². The fourth-order valence-corrected chi connectivity index (χ4v) is 3.78. The summed E-state index contributed by atoms with van der Waals surface area (Å²) in [4.78, 5) is 12.5. The molecular weight excluding hydrogens is 334 g/mol. The van der Waals surface area contributed by atoms with Crippen LogP contribution in [0.1, 0.15) is 61.8 Å². The molecule has 2 aromatic heterocycles. The van der Waals surface area contributed by atoms with Gasteiger partial charge in [-0.15, -0.1) is 0 Å². The van der Waals surface area contributed by atoms with Crippen LogP contribution < -0.4 is 10.6 Å². The minimum atomic E-state index is -0.0936. The molecule has 27 heavy (non-hydrogen) atoms. The van der Waals surface area contributed by atoms with Crippen molar-refractivity contribution in [2.75, 3.05) is 13.1 Å². The number of aromatic nitrogens is 3. The second kappa shape index (κ2) is 8.63. The molecule has 2 unspecified atom stereocenters. The Bertz CT molecular complexity index is 911. The van der Waals surface area contributed by atoms with Crippen molar-refractivity contribution in [1.82, 2.24) is 25.6 Å². The van der Waals surface area contributed by atoms with Crippen LogP contribution in [0.25, 0.3) is 11.0 Å². The number of benzene rings is 1. The number of aromatic amines is 1. The molecule has 3 N–H and O–H groups in total. The van der Waals surface area contributed by atoms with Crippen molar-refractivity contribution in [2.45, 2.75) is 51.1 Å². The van der Waals surface area contributed by atoms with E-state index in [9.17, 15) is 0 Å². The third kappa shape index (κ3) is 4.37. The van der Waals surface area contributed by atoms with Crippen LogP contribution in [0.5, 0.6) is 0 Å². The summed E-state index contributed by atoms with van der Waals surface area (Å²) in [6, 6.07) is 12.1. The van der Waals surface area contributed by atoms with Gasteiger partial charge in [0.2, 0.25) is 0 Å². The zero-order valence-electron chi connectivity index (χ0n) is 17.9. The van der Waals surface area contributed by atoms with E-state index in [4.69, 9.17) is 2.82 Å². The third-order valence-electron chi connectivity index (χ3n) is 5.29. The molecule has 0 saturated heterocycles. The normalized spacial score (nSPS) is 19.1. The Morgan fingerprint density at radius 3 is 3.04 bits per heavy atom. The maximum atomic E-state index is 8.48. The van der Waals surface area contributed by atoms with Gasteiger partial charge in [0.25, 0.3) is 0 Å². The Labute approximate surface area is 163 Å². The second-order valence-electron chi connectivity index (χ2n) is 7.29. The molecule has 2 heterocycles. The predicted octanol–water partition coefficient (Wildman–Crippen LogP) is 4.06. The van der Waals surface area contributed by atoms with E-state index in [0.717, 1.165) is 54.7 Å². The SMILES string of the molecule is [2H]N(CCCCN([2H])C1CCCc2cccnc21)C(C)c1nc2ccccc2[nH]1. The topological polar surface area (TPSA) is 65.6 Å². The first-order chi connectivity index (χ1) is 14.1. The molecule has 3 aromatic rings. The lowest BCUT2D eigenvalue weighted by atomic mass is 9.92. The maximum Gasteiger partial charge on any atom is 0.124 e. The first-order valence-corrected chi connectivity index (χ1v) is 10.0. The Hall–Kier alpha value is -2.24. The zero-order valence-corrected chi connectivity index (χ0v) is 15.9. The number of rotatable bonds is 8. The van der Waals surface area contributed by atoms with Gasteiger partial charge in [0, 0.05) is 12.2 Å². The molecule has 0 fully saturated rings. The quantitative estimate of drug-likeness (QED) is 0.527. The van der Waals surface area contributed by atoms with Gasteiger partial charge in [-0.25, -0.2) is 4.98 Å². The molecule has 1 aliphatic rings. The summed E-state index contributed by atoms with van der Waals surface area (Å²) in [6.45, 7) is 3.37. The second-order valence-corrected chi connectivity index (χ2v) is 7.29. The van der Waals surface area contributed by atoms with Gasteiger partial charge < -0.3 is 15.6 Å². The molecule has 142 valence electrons. The van der Waals surface area contributed by atoms with Crippen LogP contribution in [-0.4, -0.2) is 28.0 Å². The Morgan fingerprint density at radius 2 is 2.11 bits per heavy atom. The monoisotopic (exact) mass is 365 g/mol. The van der Waals surface area contributed by atoms with E-state index in [1.807, 2.05) is 43.5 Å². The van der Waals surface area contributed by atoms with Crippen LogP contribution in [0.2, 0.25) is 2.82 Å². The van der Waals surface area contributed by atoms with E-state index in [0.29, 0.717) is 13.1 Å². The smallest absolute Gasteiger partial charge is 0.124 e. The number of pyridine rings is 1. The van der Waals surface area contributed by atoms with Crippen LogP contribution in [0.15, 0.2) is 42.6 Å². The van der Waals surface area contributed by atoms with Gasteiger partial charge in [0.15, 0.2) is 0 Å². The summed E-state index contributed by atoms with van der Waals surface area (Å²) in [5.41, 5.74) is 4.32. The molecule has 0 radical (unpaired) electrons. The van der Waals surface area contributed by atoms with Gasteiger partial charge >= 0.3 is 0 Å². The molecule has 1 aromatic carbocycles. The lowest BCUT2D eigenvalue weighted by Gasteiger charge is -2.25. The Kier molecular flexibility index (Phi) is 5.05. The summed E-state index contributed by atoms with van der Waals surface area (Å²) >= 11 is 0. The molecule has 0 aliphatic heterocycles. The highest BCUT2D eigenvalue weighted by atomic mass is 15.0. The van der Waals surface area contributed by atoms with Gasteiger partial charge in [-0.2, -0.15) is 0 Å². The standard InChI is InChI=1S/C22H29N5/c1-16(22-26-18-10-2-3-11-19(18)27-22)23-13-4-5-14-24-20-12-6-8-17-9-7-15-25-21(17)20/h2-3,7,9-11,15-16,20,23-24H,4-6,8,12-14H2,1H3,(H,26,27)/i/hD2. The number of fused-ring (bicyclic) bond motifs is 2. The van der Waals surface area contributed by atoms with Crippen molar-refractivity contribution < 1.29 is 2.82 Å². The van der Waals surface area contributed by atoms with Gasteiger partial charge in [0.05, 0.1) is 22.8 Å². The van der Waals surface area contributed by atoms with E-state index in [-0.39, 0.29) is 12.1 Å². The maximum absolute atomic E-state index is 8.48. The average Bonchev–Trinajstić information content (AvgIpc) is 3.19. The van der Waals surface area contributed by atoms with Crippen LogP contribution in [0.4, 0.5) is 0 Å². The minimum Gasteiger partial charge on any atom is -0.341 e. The summed E-state index contributed by atoms with van der Waals surface area (Å²) < 4.78 is 16.9. The fraction of sp³-hybridized carbons (Fsp3) is 0.455. The summed E-state index contributed by atoms with van der Waals surface area (Å²) in [5.74, 6) is 0.827. The van der Waals surface area contributed by atoms with Crippen LogP contribution >= 0.6 is 0 Å². The van der Waals surface area contributed by atoms with E-state index >= 15 is 0 Å². The first-order valence-electron chi connectivity index (χ1n) is 10.9. The van der Waals surface area contributed by atoms with Gasteiger partial charge in [-0.3, -0.25) is 4.98 Å². The summed E-state index contributed by atoms with van der Waals surface area (Å²) in [6.07, 6.45) is 6.80. The van der Waals surface area contributed by atoms with Crippen molar-refractivity contribution in [3.05, 3.63) is 59.7 Å². The molecular formula is C22H29N5. The van der Waals surface area contributed by atoms with E-state index in [1.54, 1.807) is 10.6 Å². The molecule has 0 saturated carbocycles. The molecule has 5 heteroatoms. The van der Waals surface area contributed by atoms with Crippen LogP contribution in [0, 0.1) is 0 Å². The summed E-state index contributed by atoms with van der Waals surface area (Å²) in [5, 5.41) is 3.28. The molecule has 4 rings (SSSR count). The number of unbranched alkanes of at least 4 members (excludes halogenated alkanes) is 1. The largest absolute Gasteiger partial charge is 0.341 e. The highest BCUT2D eigenvalue weighted by molar-refractivity contribution is 5.74. The van der Waals surface area contributed by atoms with Crippen molar-refractivity contribution in [2.24, 2.45) is 0 Å². The highest BCUT2D eigenvalue weighted by Crippen LogP contribution is 2.27. The van der Waals surface area contributed by atoms with E-state index in [1.165, 1.54) is 5.56 Å². The average molecular weight is 366 g/mol. The molecule has 0 bridgehead atoms. The Morgan fingerprint density at radius 1 is 1.22 bits per heavy atom. The Balaban J connectivity index is 1.26. The number of nitrogens with one attached hydrogen (secondary N) is 3. The number of aryl methyl sites for hydroxylation is 1. The van der Waals surface area contributed by atoms with Gasteiger partial charge in [0.1, 0.15) is 8.65 Å². The predicted molar refractivity (Wildman–Crippen MR) is 110 cm³/mol. The van der Waals surface area contributed by atoms with Gasteiger partial charge in [-0.1, -0.05) is 18.2 Å². The van der Waals surface area contributed by atoms with Crippen molar-refractivity contribution in [1.29, 1.82) is 0 Å². The molecule has 1 aliphatic carbocycles. The van der Waals surface area contributed by atoms with Crippen molar-refractivity contribution in [3.63, 3.8) is 0 Å². The van der Waals surface area contributed by atoms with E-state index in [2.05, 4.69) is 21.0 Å². The fourth-order valence-electron chi connectivity index (χ4n) is 3.78. The van der Waals surface area contributed by atoms with Crippen LogP contribution in [0.3, 0.4) is 0 Å². The number of H-pyrrole nitrogens is 1. The van der Waals surface area contributed by atoms with Crippen molar-refractivity contribution in [3.8, 4) is 0 Å². The minimum absolute atomic E-state index is 0.0936. The number of imidazole rings is 1. The molecule has 5 nitrogen and oxygen atoms in total.